The number of H-pyrrole nitrogens is 1. The number of benzene rings is 2. The number of aliphatic hydroxyl groups is 1. The van der Waals surface area contributed by atoms with E-state index in [9.17, 15) is 5.11 Å². The van der Waals surface area contributed by atoms with E-state index in [4.69, 9.17) is 17.3 Å². The molecule has 0 saturated heterocycles. The van der Waals surface area contributed by atoms with Crippen molar-refractivity contribution in [1.82, 2.24) is 10.2 Å². The zero-order valence-corrected chi connectivity index (χ0v) is 14.2. The Morgan fingerprint density at radius 2 is 1.67 bits per heavy atom. The van der Waals surface area contributed by atoms with Gasteiger partial charge in [-0.2, -0.15) is 5.10 Å². The second-order valence-corrected chi connectivity index (χ2v) is 6.33. The van der Waals surface area contributed by atoms with E-state index in [-0.39, 0.29) is 0 Å². The van der Waals surface area contributed by atoms with Gasteiger partial charge in [-0.25, -0.2) is 0 Å². The fourth-order valence-electron chi connectivity index (χ4n) is 2.96. The van der Waals surface area contributed by atoms with Gasteiger partial charge in [-0.3, -0.25) is 5.10 Å². The predicted molar refractivity (Wildman–Crippen MR) is 96.9 cm³/mol. The summed E-state index contributed by atoms with van der Waals surface area (Å²) < 4.78 is 0. The molecule has 4 N–H and O–H groups in total. The van der Waals surface area contributed by atoms with Crippen LogP contribution in [-0.2, 0) is 5.60 Å². The van der Waals surface area contributed by atoms with E-state index in [0.717, 1.165) is 27.9 Å². The lowest BCUT2D eigenvalue weighted by Gasteiger charge is -2.29. The summed E-state index contributed by atoms with van der Waals surface area (Å²) in [6, 6.07) is 15.1. The van der Waals surface area contributed by atoms with Gasteiger partial charge in [0, 0.05) is 16.3 Å². The average molecular weight is 342 g/mol. The summed E-state index contributed by atoms with van der Waals surface area (Å²) in [6.45, 7) is 2.36. The summed E-state index contributed by atoms with van der Waals surface area (Å²) in [4.78, 5) is 0. The molecule has 0 aliphatic heterocycles. The number of rotatable bonds is 5. The molecular formula is C19H20ClN3O. The van der Waals surface area contributed by atoms with Gasteiger partial charge in [-0.05, 0) is 48.7 Å². The number of halogens is 1. The highest BCUT2D eigenvalue weighted by Gasteiger charge is 2.30. The van der Waals surface area contributed by atoms with Gasteiger partial charge in [0.2, 0.25) is 0 Å². The van der Waals surface area contributed by atoms with Crippen molar-refractivity contribution in [3.05, 3.63) is 76.6 Å². The van der Waals surface area contributed by atoms with Crippen molar-refractivity contribution in [3.8, 4) is 11.1 Å². The van der Waals surface area contributed by atoms with E-state index in [1.165, 1.54) is 0 Å². The summed E-state index contributed by atoms with van der Waals surface area (Å²) in [5.41, 5.74) is 9.31. The highest BCUT2D eigenvalue weighted by atomic mass is 35.5. The normalized spacial score (nSPS) is 13.7. The Labute approximate surface area is 146 Å². The van der Waals surface area contributed by atoms with Gasteiger partial charge in [-0.15, -0.1) is 0 Å². The minimum atomic E-state index is -1.14. The first kappa shape index (κ1) is 16.7. The highest BCUT2D eigenvalue weighted by molar-refractivity contribution is 6.30. The Bertz CT molecular complexity index is 811. The maximum absolute atomic E-state index is 11.3. The molecule has 1 unspecified atom stereocenters. The summed E-state index contributed by atoms with van der Waals surface area (Å²) in [7, 11) is 0. The third-order valence-electron chi connectivity index (χ3n) is 4.33. The smallest absolute Gasteiger partial charge is 0.116 e. The van der Waals surface area contributed by atoms with Gasteiger partial charge in [0.1, 0.15) is 5.60 Å². The van der Waals surface area contributed by atoms with Crippen LogP contribution in [-0.4, -0.2) is 21.8 Å². The number of hydrogen-bond donors (Lipinski definition) is 3. The minimum absolute atomic E-state index is 0.377. The first-order valence-corrected chi connectivity index (χ1v) is 8.22. The second-order valence-electron chi connectivity index (χ2n) is 5.89. The fourth-order valence-corrected chi connectivity index (χ4v) is 3.08. The summed E-state index contributed by atoms with van der Waals surface area (Å²) in [5.74, 6) is 0. The van der Waals surface area contributed by atoms with Gasteiger partial charge >= 0.3 is 0 Å². The standard InChI is InChI=1S/C19H20ClN3O/c1-13-18(12-22-23-13)14-2-4-15(5-3-14)19(24,10-11-21)16-6-8-17(20)9-7-16/h2-9,12,24H,10-11,21H2,1H3,(H,22,23). The quantitative estimate of drug-likeness (QED) is 0.663. The van der Waals surface area contributed by atoms with Crippen molar-refractivity contribution in [2.24, 2.45) is 5.73 Å². The first-order chi connectivity index (χ1) is 11.5. The van der Waals surface area contributed by atoms with Crippen LogP contribution in [0.3, 0.4) is 0 Å². The van der Waals surface area contributed by atoms with Crippen molar-refractivity contribution in [1.29, 1.82) is 0 Å². The molecule has 3 aromatic rings. The predicted octanol–water partition coefficient (Wildman–Crippen LogP) is 3.62. The van der Waals surface area contributed by atoms with Gasteiger partial charge in [0.25, 0.3) is 0 Å². The van der Waals surface area contributed by atoms with E-state index < -0.39 is 5.60 Å². The van der Waals surface area contributed by atoms with Gasteiger partial charge in [0.15, 0.2) is 0 Å². The molecule has 2 aromatic carbocycles. The number of nitrogens with one attached hydrogen (secondary N) is 1. The summed E-state index contributed by atoms with van der Waals surface area (Å²) in [6.07, 6.45) is 2.23. The minimum Gasteiger partial charge on any atom is -0.380 e. The lowest BCUT2D eigenvalue weighted by molar-refractivity contribution is 0.0737. The Morgan fingerprint density at radius 3 is 2.17 bits per heavy atom. The molecule has 0 fully saturated rings. The molecule has 124 valence electrons. The molecule has 1 heterocycles. The van der Waals surface area contributed by atoms with Crippen molar-refractivity contribution >= 4 is 11.6 Å². The Kier molecular flexibility index (Phi) is 4.71. The molecule has 0 amide bonds. The zero-order chi connectivity index (χ0) is 17.2. The highest BCUT2D eigenvalue weighted by Crippen LogP contribution is 2.34. The molecule has 0 spiro atoms. The zero-order valence-electron chi connectivity index (χ0n) is 13.5. The number of aromatic amines is 1. The monoisotopic (exact) mass is 341 g/mol. The largest absolute Gasteiger partial charge is 0.380 e. The van der Waals surface area contributed by atoms with Crippen molar-refractivity contribution in [2.75, 3.05) is 6.54 Å². The van der Waals surface area contributed by atoms with Crippen molar-refractivity contribution < 1.29 is 5.11 Å². The van der Waals surface area contributed by atoms with E-state index in [0.29, 0.717) is 18.0 Å². The molecule has 1 aromatic heterocycles. The Hall–Kier alpha value is -2.14. The third-order valence-corrected chi connectivity index (χ3v) is 4.58. The number of aromatic nitrogens is 2. The number of nitrogens with two attached hydrogens (primary N) is 1. The molecule has 1 atom stereocenters. The van der Waals surface area contributed by atoms with Crippen LogP contribution in [0.4, 0.5) is 0 Å². The first-order valence-electron chi connectivity index (χ1n) is 7.84. The molecular weight excluding hydrogens is 322 g/mol. The van der Waals surface area contributed by atoms with Crippen LogP contribution in [0.15, 0.2) is 54.7 Å². The van der Waals surface area contributed by atoms with Gasteiger partial charge in [0.05, 0.1) is 6.20 Å². The van der Waals surface area contributed by atoms with Gasteiger partial charge in [-0.1, -0.05) is 48.0 Å². The molecule has 0 radical (unpaired) electrons. The number of aryl methyl sites for hydroxylation is 1. The molecule has 5 heteroatoms. The molecule has 3 rings (SSSR count). The maximum atomic E-state index is 11.3. The van der Waals surface area contributed by atoms with E-state index >= 15 is 0 Å². The van der Waals surface area contributed by atoms with Crippen LogP contribution in [0, 0.1) is 6.92 Å². The second kappa shape index (κ2) is 6.77. The Morgan fingerprint density at radius 1 is 1.08 bits per heavy atom. The molecule has 0 aliphatic rings. The SMILES string of the molecule is Cc1[nH]ncc1-c1ccc(C(O)(CCN)c2ccc(Cl)cc2)cc1. The number of hydrogen-bond acceptors (Lipinski definition) is 3. The van der Waals surface area contributed by atoms with Crippen LogP contribution < -0.4 is 5.73 Å². The van der Waals surface area contributed by atoms with Crippen LogP contribution in [0.5, 0.6) is 0 Å². The van der Waals surface area contributed by atoms with Crippen LogP contribution in [0.2, 0.25) is 5.02 Å². The molecule has 0 bridgehead atoms. The van der Waals surface area contributed by atoms with Crippen molar-refractivity contribution in [2.45, 2.75) is 18.9 Å². The molecule has 24 heavy (non-hydrogen) atoms. The average Bonchev–Trinajstić information content (AvgIpc) is 3.02. The fraction of sp³-hybridized carbons (Fsp3) is 0.211. The van der Waals surface area contributed by atoms with Crippen LogP contribution >= 0.6 is 11.6 Å². The number of nitrogens with zero attached hydrogens (tertiary/aromatic N) is 1. The van der Waals surface area contributed by atoms with E-state index in [1.54, 1.807) is 18.3 Å². The Balaban J connectivity index is 2.00. The topological polar surface area (TPSA) is 74.9 Å². The van der Waals surface area contributed by atoms with Crippen LogP contribution in [0.25, 0.3) is 11.1 Å². The third kappa shape index (κ3) is 3.08. The van der Waals surface area contributed by atoms with E-state index in [2.05, 4.69) is 10.2 Å². The van der Waals surface area contributed by atoms with Crippen LogP contribution in [0.1, 0.15) is 23.2 Å². The molecule has 0 saturated carbocycles. The molecule has 0 aliphatic carbocycles. The van der Waals surface area contributed by atoms with Crippen molar-refractivity contribution in [3.63, 3.8) is 0 Å². The lowest BCUT2D eigenvalue weighted by Crippen LogP contribution is -2.30. The van der Waals surface area contributed by atoms with Gasteiger partial charge < -0.3 is 10.8 Å². The lowest BCUT2D eigenvalue weighted by atomic mass is 9.83. The summed E-state index contributed by atoms with van der Waals surface area (Å²) in [5, 5.41) is 18.9. The maximum Gasteiger partial charge on any atom is 0.116 e. The summed E-state index contributed by atoms with van der Waals surface area (Å²) >= 11 is 5.96. The molecule has 4 nitrogen and oxygen atoms in total. The van der Waals surface area contributed by atoms with E-state index in [1.807, 2.05) is 43.3 Å².